The fourth-order valence-corrected chi connectivity index (χ4v) is 2.24. The van der Waals surface area contributed by atoms with Crippen molar-refractivity contribution in [3.8, 4) is 0 Å². The summed E-state index contributed by atoms with van der Waals surface area (Å²) in [6, 6.07) is 0. The summed E-state index contributed by atoms with van der Waals surface area (Å²) in [5, 5.41) is 4.38. The van der Waals surface area contributed by atoms with Gasteiger partial charge in [-0.15, -0.1) is 0 Å². The maximum absolute atomic E-state index is 6.02. The molecule has 1 aliphatic rings. The summed E-state index contributed by atoms with van der Waals surface area (Å²) >= 11 is 0. The Morgan fingerprint density at radius 2 is 1.86 bits per heavy atom. The lowest BCUT2D eigenvalue weighted by molar-refractivity contribution is 0.00578. The van der Waals surface area contributed by atoms with Gasteiger partial charge in [0.2, 0.25) is 0 Å². The molecular weight excluding hydrogens is 267 g/mol. The van der Waals surface area contributed by atoms with Crippen LogP contribution in [-0.4, -0.2) is 37.7 Å². The van der Waals surface area contributed by atoms with E-state index >= 15 is 0 Å². The molecule has 7 heteroatoms. The van der Waals surface area contributed by atoms with Gasteiger partial charge < -0.3 is 13.9 Å². The molecule has 21 heavy (non-hydrogen) atoms. The summed E-state index contributed by atoms with van der Waals surface area (Å²) in [6.07, 6.45) is 9.32. The highest BCUT2D eigenvalue weighted by Crippen LogP contribution is 2.36. The van der Waals surface area contributed by atoms with Gasteiger partial charge >= 0.3 is 7.12 Å². The highest BCUT2D eigenvalue weighted by atomic mass is 16.7. The monoisotopic (exact) mass is 288 g/mol. The number of aryl methyl sites for hydroxylation is 2. The molecule has 6 nitrogen and oxygen atoms in total. The Kier molecular flexibility index (Phi) is 3.41. The van der Waals surface area contributed by atoms with E-state index in [1.165, 1.54) is 0 Å². The van der Waals surface area contributed by atoms with E-state index in [0.717, 1.165) is 18.6 Å². The first kappa shape index (κ1) is 14.3. The van der Waals surface area contributed by atoms with Crippen molar-refractivity contribution >= 4 is 12.6 Å². The smallest absolute Gasteiger partial charge is 0.399 e. The van der Waals surface area contributed by atoms with Crippen molar-refractivity contribution in [2.24, 2.45) is 0 Å². The van der Waals surface area contributed by atoms with Gasteiger partial charge in [-0.25, -0.2) is 4.98 Å². The highest BCUT2D eigenvalue weighted by Gasteiger charge is 2.52. The van der Waals surface area contributed by atoms with Gasteiger partial charge in [0.25, 0.3) is 0 Å². The van der Waals surface area contributed by atoms with Crippen molar-refractivity contribution in [1.82, 2.24) is 19.3 Å². The highest BCUT2D eigenvalue weighted by molar-refractivity contribution is 6.61. The number of nitrogens with zero attached hydrogens (tertiary/aromatic N) is 4. The average Bonchev–Trinajstić information content (AvgIpc) is 3.09. The summed E-state index contributed by atoms with van der Waals surface area (Å²) < 4.78 is 16.0. The topological polar surface area (TPSA) is 54.1 Å². The third-order valence-electron chi connectivity index (χ3n) is 4.33. The second-order valence-electron chi connectivity index (χ2n) is 6.43. The molecule has 0 atom stereocenters. The molecule has 0 radical (unpaired) electrons. The fraction of sp³-hybridized carbons (Fsp3) is 0.571. The molecule has 2 aromatic rings. The van der Waals surface area contributed by atoms with Gasteiger partial charge in [-0.05, 0) is 27.7 Å². The Bertz CT molecular complexity index is 590. The van der Waals surface area contributed by atoms with Crippen LogP contribution in [0.5, 0.6) is 0 Å². The summed E-state index contributed by atoms with van der Waals surface area (Å²) in [6.45, 7) is 9.83. The number of hydrogen-bond donors (Lipinski definition) is 0. The first-order valence-corrected chi connectivity index (χ1v) is 7.21. The Labute approximate surface area is 125 Å². The maximum atomic E-state index is 6.02. The van der Waals surface area contributed by atoms with E-state index in [1.54, 1.807) is 12.5 Å². The van der Waals surface area contributed by atoms with E-state index in [1.807, 2.05) is 27.8 Å². The van der Waals surface area contributed by atoms with Gasteiger partial charge in [-0.1, -0.05) is 0 Å². The Hall–Kier alpha value is -1.60. The minimum absolute atomic E-state index is 0.323. The predicted octanol–water partition coefficient (Wildman–Crippen LogP) is 1.08. The minimum atomic E-state index is -0.350. The molecule has 0 bridgehead atoms. The second-order valence-corrected chi connectivity index (χ2v) is 6.43. The third kappa shape index (κ3) is 2.75. The van der Waals surface area contributed by atoms with E-state index in [2.05, 4.69) is 37.8 Å². The van der Waals surface area contributed by atoms with Crippen LogP contribution in [0.4, 0.5) is 0 Å². The SMILES string of the molecule is CC1(C)OB(c2cnn(CCn3ccnc3)c2)OC1(C)C. The molecule has 112 valence electrons. The molecule has 3 heterocycles. The van der Waals surface area contributed by atoms with Crippen molar-refractivity contribution in [3.63, 3.8) is 0 Å². The van der Waals surface area contributed by atoms with Crippen LogP contribution in [0.15, 0.2) is 31.1 Å². The van der Waals surface area contributed by atoms with E-state index in [0.29, 0.717) is 0 Å². The lowest BCUT2D eigenvalue weighted by Gasteiger charge is -2.32. The van der Waals surface area contributed by atoms with Crippen LogP contribution in [0.1, 0.15) is 27.7 Å². The summed E-state index contributed by atoms with van der Waals surface area (Å²) in [4.78, 5) is 4.03. The van der Waals surface area contributed by atoms with Crippen LogP contribution < -0.4 is 5.46 Å². The van der Waals surface area contributed by atoms with E-state index in [9.17, 15) is 0 Å². The molecule has 0 aliphatic carbocycles. The van der Waals surface area contributed by atoms with Crippen molar-refractivity contribution in [1.29, 1.82) is 0 Å². The fourth-order valence-electron chi connectivity index (χ4n) is 2.24. The Morgan fingerprint density at radius 3 is 2.48 bits per heavy atom. The van der Waals surface area contributed by atoms with Crippen LogP contribution >= 0.6 is 0 Å². The van der Waals surface area contributed by atoms with Gasteiger partial charge in [0.05, 0.1) is 24.1 Å². The lowest BCUT2D eigenvalue weighted by Crippen LogP contribution is -2.41. The molecule has 1 saturated heterocycles. The van der Waals surface area contributed by atoms with Crippen LogP contribution in [0.2, 0.25) is 0 Å². The molecule has 0 saturated carbocycles. The molecule has 0 spiro atoms. The number of rotatable bonds is 4. The van der Waals surface area contributed by atoms with Crippen LogP contribution in [-0.2, 0) is 22.4 Å². The molecule has 0 unspecified atom stereocenters. The minimum Gasteiger partial charge on any atom is -0.399 e. The molecule has 0 N–H and O–H groups in total. The molecular formula is C14H21BN4O2. The standard InChI is InChI=1S/C14H21BN4O2/c1-13(2)14(3,4)21-15(20-13)12-9-17-19(10-12)8-7-18-6-5-16-11-18/h5-6,9-11H,7-8H2,1-4H3. The number of hydrogen-bond acceptors (Lipinski definition) is 4. The zero-order chi connectivity index (χ0) is 15.1. The molecule has 1 fully saturated rings. The normalized spacial score (nSPS) is 20.1. The van der Waals surface area contributed by atoms with Crippen LogP contribution in [0.25, 0.3) is 0 Å². The number of imidazole rings is 1. The van der Waals surface area contributed by atoms with E-state index in [-0.39, 0.29) is 18.3 Å². The first-order chi connectivity index (χ1) is 9.87. The molecule has 1 aliphatic heterocycles. The quantitative estimate of drug-likeness (QED) is 0.790. The predicted molar refractivity (Wildman–Crippen MR) is 80.2 cm³/mol. The van der Waals surface area contributed by atoms with Crippen LogP contribution in [0.3, 0.4) is 0 Å². The van der Waals surface area contributed by atoms with Gasteiger partial charge in [-0.2, -0.15) is 5.10 Å². The van der Waals surface area contributed by atoms with Gasteiger partial charge in [-0.3, -0.25) is 4.68 Å². The summed E-state index contributed by atoms with van der Waals surface area (Å²) in [5.41, 5.74) is 0.312. The van der Waals surface area contributed by atoms with Crippen molar-refractivity contribution < 1.29 is 9.31 Å². The van der Waals surface area contributed by atoms with Gasteiger partial charge in [0, 0.05) is 36.8 Å². The average molecular weight is 288 g/mol. The zero-order valence-corrected chi connectivity index (χ0v) is 13.0. The maximum Gasteiger partial charge on any atom is 0.498 e. The van der Waals surface area contributed by atoms with E-state index < -0.39 is 0 Å². The number of aromatic nitrogens is 4. The first-order valence-electron chi connectivity index (χ1n) is 7.21. The Balaban J connectivity index is 1.66. The Morgan fingerprint density at radius 1 is 1.14 bits per heavy atom. The summed E-state index contributed by atoms with van der Waals surface area (Å²) in [5.74, 6) is 0. The van der Waals surface area contributed by atoms with Gasteiger partial charge in [0.1, 0.15) is 0 Å². The second kappa shape index (κ2) is 5.00. The largest absolute Gasteiger partial charge is 0.498 e. The molecule has 0 amide bonds. The van der Waals surface area contributed by atoms with E-state index in [4.69, 9.17) is 9.31 Å². The third-order valence-corrected chi connectivity index (χ3v) is 4.33. The van der Waals surface area contributed by atoms with Crippen molar-refractivity contribution in [3.05, 3.63) is 31.1 Å². The van der Waals surface area contributed by atoms with Crippen molar-refractivity contribution in [2.75, 3.05) is 0 Å². The zero-order valence-electron chi connectivity index (χ0n) is 13.0. The lowest BCUT2D eigenvalue weighted by atomic mass is 9.82. The van der Waals surface area contributed by atoms with Crippen LogP contribution in [0, 0.1) is 0 Å². The molecule has 0 aromatic carbocycles. The molecule has 2 aromatic heterocycles. The molecule has 3 rings (SSSR count). The van der Waals surface area contributed by atoms with Gasteiger partial charge in [0.15, 0.2) is 0 Å². The summed E-state index contributed by atoms with van der Waals surface area (Å²) in [7, 11) is -0.350. The van der Waals surface area contributed by atoms with Crippen molar-refractivity contribution in [2.45, 2.75) is 52.0 Å².